The number of ether oxygens (including phenoxy) is 3. The molecule has 1 aliphatic rings. The number of methoxy groups -OCH3 is 2. The second kappa shape index (κ2) is 5.47. The first-order valence-corrected chi connectivity index (χ1v) is 6.62. The highest BCUT2D eigenvalue weighted by Crippen LogP contribution is 2.38. The van der Waals surface area contributed by atoms with Gasteiger partial charge in [0.15, 0.2) is 11.5 Å². The molecule has 2 aromatic rings. The monoisotopic (exact) mass is 289 g/mol. The van der Waals surface area contributed by atoms with Gasteiger partial charge in [0.05, 0.1) is 26.4 Å². The molecule has 0 spiro atoms. The van der Waals surface area contributed by atoms with Gasteiger partial charge in [-0.25, -0.2) is 4.79 Å². The quantitative estimate of drug-likeness (QED) is 0.791. The average molecular weight is 289 g/mol. The summed E-state index contributed by atoms with van der Waals surface area (Å²) in [7, 11) is 2.92. The molecule has 6 heteroatoms. The lowest BCUT2D eigenvalue weighted by atomic mass is 10.0. The first-order valence-electron chi connectivity index (χ1n) is 6.62. The molecule has 1 aromatic heterocycles. The maximum atomic E-state index is 11.8. The number of carbonyl (C=O) groups excluding carboxylic acids is 1. The molecule has 0 saturated heterocycles. The molecular formula is C15H15NO5. The van der Waals surface area contributed by atoms with Gasteiger partial charge in [-0.1, -0.05) is 5.16 Å². The summed E-state index contributed by atoms with van der Waals surface area (Å²) in [5, 5.41) is 3.86. The smallest absolute Gasteiger partial charge is 0.360 e. The lowest BCUT2D eigenvalue weighted by Gasteiger charge is -2.15. The van der Waals surface area contributed by atoms with E-state index >= 15 is 0 Å². The number of rotatable bonds is 2. The molecule has 0 aliphatic carbocycles. The minimum absolute atomic E-state index is 0.233. The average Bonchev–Trinajstić information content (AvgIpc) is 2.91. The van der Waals surface area contributed by atoms with Crippen LogP contribution in [0.25, 0.3) is 11.3 Å². The SMILES string of the molecule is COC(=O)c1noc2c1CCCOc1cc(OC)ccc1-2. The summed E-state index contributed by atoms with van der Waals surface area (Å²) in [6.07, 6.45) is 1.41. The van der Waals surface area contributed by atoms with E-state index in [1.54, 1.807) is 13.2 Å². The zero-order valence-electron chi connectivity index (χ0n) is 11.8. The van der Waals surface area contributed by atoms with Crippen molar-refractivity contribution in [3.8, 4) is 22.8 Å². The van der Waals surface area contributed by atoms with Crippen molar-refractivity contribution in [1.29, 1.82) is 0 Å². The Morgan fingerprint density at radius 1 is 1.33 bits per heavy atom. The molecule has 2 heterocycles. The van der Waals surface area contributed by atoms with Gasteiger partial charge in [-0.2, -0.15) is 0 Å². The number of carbonyl (C=O) groups is 1. The Labute approximate surface area is 121 Å². The summed E-state index contributed by atoms with van der Waals surface area (Å²) in [5.74, 6) is 1.41. The van der Waals surface area contributed by atoms with Crippen molar-refractivity contribution in [3.63, 3.8) is 0 Å². The van der Waals surface area contributed by atoms with Crippen molar-refractivity contribution in [2.45, 2.75) is 12.8 Å². The Bertz CT molecular complexity index is 677. The third-order valence-corrected chi connectivity index (χ3v) is 3.43. The molecular weight excluding hydrogens is 274 g/mol. The first kappa shape index (κ1) is 13.5. The summed E-state index contributed by atoms with van der Waals surface area (Å²) in [6, 6.07) is 5.45. The predicted molar refractivity (Wildman–Crippen MR) is 73.6 cm³/mol. The van der Waals surface area contributed by atoms with Gasteiger partial charge in [0.2, 0.25) is 0 Å². The lowest BCUT2D eigenvalue weighted by molar-refractivity contribution is 0.0588. The fraction of sp³-hybridized carbons (Fsp3) is 0.333. The molecule has 3 rings (SSSR count). The van der Waals surface area contributed by atoms with Crippen LogP contribution < -0.4 is 9.47 Å². The van der Waals surface area contributed by atoms with E-state index in [4.69, 9.17) is 18.7 Å². The summed E-state index contributed by atoms with van der Waals surface area (Å²) in [5.41, 5.74) is 1.75. The number of fused-ring (bicyclic) bond motifs is 3. The van der Waals surface area contributed by atoms with Crippen LogP contribution in [-0.2, 0) is 11.2 Å². The highest BCUT2D eigenvalue weighted by molar-refractivity contribution is 5.91. The van der Waals surface area contributed by atoms with Crippen molar-refractivity contribution in [2.75, 3.05) is 20.8 Å². The van der Waals surface area contributed by atoms with Gasteiger partial charge in [-0.3, -0.25) is 0 Å². The van der Waals surface area contributed by atoms with Crippen LogP contribution in [0.4, 0.5) is 0 Å². The van der Waals surface area contributed by atoms with Crippen LogP contribution in [0.1, 0.15) is 22.5 Å². The highest BCUT2D eigenvalue weighted by Gasteiger charge is 2.26. The third-order valence-electron chi connectivity index (χ3n) is 3.43. The van der Waals surface area contributed by atoms with Crippen LogP contribution in [-0.4, -0.2) is 32.0 Å². The normalized spacial score (nSPS) is 13.2. The second-order valence-corrected chi connectivity index (χ2v) is 4.64. The predicted octanol–water partition coefficient (Wildman–Crippen LogP) is 2.46. The van der Waals surface area contributed by atoms with Gasteiger partial charge in [-0.15, -0.1) is 0 Å². The fourth-order valence-corrected chi connectivity index (χ4v) is 2.38. The van der Waals surface area contributed by atoms with Crippen molar-refractivity contribution in [3.05, 3.63) is 29.5 Å². The number of hydrogen-bond acceptors (Lipinski definition) is 6. The Morgan fingerprint density at radius 2 is 2.19 bits per heavy atom. The van der Waals surface area contributed by atoms with E-state index in [-0.39, 0.29) is 5.69 Å². The van der Waals surface area contributed by atoms with E-state index < -0.39 is 5.97 Å². The largest absolute Gasteiger partial charge is 0.497 e. The minimum atomic E-state index is -0.489. The zero-order chi connectivity index (χ0) is 14.8. The zero-order valence-corrected chi connectivity index (χ0v) is 11.8. The van der Waals surface area contributed by atoms with Crippen LogP contribution in [0.15, 0.2) is 22.7 Å². The Morgan fingerprint density at radius 3 is 2.95 bits per heavy atom. The molecule has 0 bridgehead atoms. The van der Waals surface area contributed by atoms with Crippen molar-refractivity contribution in [2.24, 2.45) is 0 Å². The standard InChI is InChI=1S/C15H15NO5/c1-18-9-5-6-10-12(8-9)20-7-3-4-11-13(15(17)19-2)16-21-14(10)11/h5-6,8H,3-4,7H2,1-2H3. The molecule has 1 aromatic carbocycles. The molecule has 0 fully saturated rings. The Kier molecular flexibility index (Phi) is 3.51. The van der Waals surface area contributed by atoms with Crippen molar-refractivity contribution in [1.82, 2.24) is 5.16 Å². The fourth-order valence-electron chi connectivity index (χ4n) is 2.38. The third kappa shape index (κ3) is 2.33. The molecule has 0 unspecified atom stereocenters. The molecule has 0 atom stereocenters. The first-order chi connectivity index (χ1) is 10.2. The molecule has 0 amide bonds. The van der Waals surface area contributed by atoms with Crippen LogP contribution >= 0.6 is 0 Å². The molecule has 6 nitrogen and oxygen atoms in total. The second-order valence-electron chi connectivity index (χ2n) is 4.64. The van der Waals surface area contributed by atoms with E-state index in [9.17, 15) is 4.79 Å². The van der Waals surface area contributed by atoms with Crippen molar-refractivity contribution < 1.29 is 23.5 Å². The van der Waals surface area contributed by atoms with Crippen LogP contribution in [0, 0.1) is 0 Å². The van der Waals surface area contributed by atoms with Crippen LogP contribution in [0.5, 0.6) is 11.5 Å². The minimum Gasteiger partial charge on any atom is -0.497 e. The molecule has 21 heavy (non-hydrogen) atoms. The molecule has 0 radical (unpaired) electrons. The highest BCUT2D eigenvalue weighted by atomic mass is 16.5. The maximum Gasteiger partial charge on any atom is 0.360 e. The van der Waals surface area contributed by atoms with Crippen LogP contribution in [0.2, 0.25) is 0 Å². The van der Waals surface area contributed by atoms with Gasteiger partial charge >= 0.3 is 5.97 Å². The van der Waals surface area contributed by atoms with E-state index in [0.717, 1.165) is 17.5 Å². The van der Waals surface area contributed by atoms with Gasteiger partial charge < -0.3 is 18.7 Å². The molecule has 1 aliphatic heterocycles. The molecule has 0 saturated carbocycles. The van der Waals surface area contributed by atoms with E-state index in [1.807, 2.05) is 12.1 Å². The topological polar surface area (TPSA) is 70.8 Å². The molecule has 0 N–H and O–H groups in total. The number of nitrogens with zero attached hydrogens (tertiary/aromatic N) is 1. The lowest BCUT2D eigenvalue weighted by Crippen LogP contribution is -2.09. The number of aromatic nitrogens is 1. The van der Waals surface area contributed by atoms with Crippen LogP contribution in [0.3, 0.4) is 0 Å². The Hall–Kier alpha value is -2.50. The number of hydrogen-bond donors (Lipinski definition) is 0. The van der Waals surface area contributed by atoms with E-state index in [1.165, 1.54) is 7.11 Å². The van der Waals surface area contributed by atoms with E-state index in [2.05, 4.69) is 5.16 Å². The summed E-state index contributed by atoms with van der Waals surface area (Å²) < 4.78 is 21.1. The Balaban J connectivity index is 2.14. The van der Waals surface area contributed by atoms with Gasteiger partial charge in [0.1, 0.15) is 11.5 Å². The summed E-state index contributed by atoms with van der Waals surface area (Å²) in [6.45, 7) is 0.547. The molecule has 110 valence electrons. The van der Waals surface area contributed by atoms with E-state index in [0.29, 0.717) is 30.3 Å². The van der Waals surface area contributed by atoms with Gasteiger partial charge in [-0.05, 0) is 25.0 Å². The van der Waals surface area contributed by atoms with Gasteiger partial charge in [0, 0.05) is 11.6 Å². The number of esters is 1. The summed E-state index contributed by atoms with van der Waals surface area (Å²) in [4.78, 5) is 11.8. The van der Waals surface area contributed by atoms with Gasteiger partial charge in [0.25, 0.3) is 0 Å². The maximum absolute atomic E-state index is 11.8. The number of benzene rings is 1. The summed E-state index contributed by atoms with van der Waals surface area (Å²) >= 11 is 0. The van der Waals surface area contributed by atoms with Crippen molar-refractivity contribution >= 4 is 5.97 Å².